The Kier molecular flexibility index (Phi) is 5.33. The summed E-state index contributed by atoms with van der Waals surface area (Å²) in [5.74, 6) is -0.686. The number of para-hydroxylation sites is 1. The number of rotatable bonds is 6. The molecule has 4 nitrogen and oxygen atoms in total. The van der Waals surface area contributed by atoms with Crippen LogP contribution < -0.4 is 4.74 Å². The molecule has 0 aliphatic rings. The Labute approximate surface area is 128 Å². The van der Waals surface area contributed by atoms with E-state index < -0.39 is 5.97 Å². The van der Waals surface area contributed by atoms with Crippen LogP contribution in [0, 0.1) is 11.3 Å². The van der Waals surface area contributed by atoms with Crippen LogP contribution in [0.5, 0.6) is 5.75 Å². The second-order valence-corrected chi connectivity index (χ2v) is 4.60. The van der Waals surface area contributed by atoms with Gasteiger partial charge < -0.3 is 9.84 Å². The molecule has 4 heteroatoms. The van der Waals surface area contributed by atoms with Crippen molar-refractivity contribution in [2.75, 3.05) is 6.61 Å². The molecular formula is C18H15NO3. The Balaban J connectivity index is 2.09. The molecule has 2 aromatic carbocycles. The number of nitriles is 1. The Bertz CT molecular complexity index is 715. The Morgan fingerprint density at radius 3 is 2.50 bits per heavy atom. The number of carboxylic acid groups (broad SMARTS) is 1. The summed E-state index contributed by atoms with van der Waals surface area (Å²) in [4.78, 5) is 10.9. The van der Waals surface area contributed by atoms with Crippen molar-refractivity contribution in [2.45, 2.75) is 6.42 Å². The molecule has 0 aromatic heterocycles. The summed E-state index contributed by atoms with van der Waals surface area (Å²) in [7, 11) is 0. The number of ether oxygens (including phenoxy) is 1. The van der Waals surface area contributed by atoms with Crippen molar-refractivity contribution in [3.8, 4) is 11.8 Å². The van der Waals surface area contributed by atoms with Gasteiger partial charge in [-0.1, -0.05) is 48.5 Å². The lowest BCUT2D eigenvalue weighted by atomic mass is 10.1. The van der Waals surface area contributed by atoms with Gasteiger partial charge in [-0.15, -0.1) is 0 Å². The maximum atomic E-state index is 10.9. The standard InChI is InChI=1S/C18H15NO3/c19-13-16(18(20)21)12-15-8-4-5-9-17(15)22-11-10-14-6-2-1-3-7-14/h1-9,12H,10-11H2,(H,20,21). The van der Waals surface area contributed by atoms with Crippen LogP contribution >= 0.6 is 0 Å². The highest BCUT2D eigenvalue weighted by Gasteiger charge is 2.08. The van der Waals surface area contributed by atoms with Gasteiger partial charge in [-0.25, -0.2) is 4.79 Å². The minimum absolute atomic E-state index is 0.320. The fourth-order valence-electron chi connectivity index (χ4n) is 1.95. The van der Waals surface area contributed by atoms with Gasteiger partial charge in [-0.05, 0) is 17.7 Å². The molecule has 0 saturated heterocycles. The Morgan fingerprint density at radius 2 is 1.82 bits per heavy atom. The smallest absolute Gasteiger partial charge is 0.346 e. The van der Waals surface area contributed by atoms with Gasteiger partial charge in [0.2, 0.25) is 0 Å². The third-order valence-corrected chi connectivity index (χ3v) is 3.06. The Hall–Kier alpha value is -3.06. The zero-order valence-electron chi connectivity index (χ0n) is 11.9. The minimum Gasteiger partial charge on any atom is -0.493 e. The fourth-order valence-corrected chi connectivity index (χ4v) is 1.95. The van der Waals surface area contributed by atoms with Crippen molar-refractivity contribution in [3.05, 3.63) is 71.3 Å². The second kappa shape index (κ2) is 7.65. The van der Waals surface area contributed by atoms with Gasteiger partial charge in [0, 0.05) is 12.0 Å². The molecule has 0 atom stereocenters. The third kappa shape index (κ3) is 4.22. The molecule has 0 saturated carbocycles. The first-order valence-electron chi connectivity index (χ1n) is 6.81. The van der Waals surface area contributed by atoms with Crippen LogP contribution in [0.15, 0.2) is 60.2 Å². The first-order chi connectivity index (χ1) is 10.7. The van der Waals surface area contributed by atoms with Crippen LogP contribution in [0.25, 0.3) is 6.08 Å². The van der Waals surface area contributed by atoms with Crippen molar-refractivity contribution >= 4 is 12.0 Å². The molecule has 0 aliphatic carbocycles. The maximum Gasteiger partial charge on any atom is 0.346 e. The molecule has 0 fully saturated rings. The monoisotopic (exact) mass is 293 g/mol. The van der Waals surface area contributed by atoms with E-state index in [-0.39, 0.29) is 5.57 Å². The lowest BCUT2D eigenvalue weighted by Crippen LogP contribution is -2.03. The van der Waals surface area contributed by atoms with Crippen LogP contribution in [-0.2, 0) is 11.2 Å². The second-order valence-electron chi connectivity index (χ2n) is 4.60. The molecule has 0 heterocycles. The average Bonchev–Trinajstić information content (AvgIpc) is 2.54. The van der Waals surface area contributed by atoms with E-state index in [9.17, 15) is 4.79 Å². The molecule has 0 aliphatic heterocycles. The molecule has 2 aromatic rings. The molecule has 0 spiro atoms. The van der Waals surface area contributed by atoms with Crippen LogP contribution in [0.2, 0.25) is 0 Å². The third-order valence-electron chi connectivity index (χ3n) is 3.06. The highest BCUT2D eigenvalue weighted by molar-refractivity contribution is 5.96. The van der Waals surface area contributed by atoms with Crippen molar-refractivity contribution in [3.63, 3.8) is 0 Å². The zero-order valence-corrected chi connectivity index (χ0v) is 11.9. The summed E-state index contributed by atoms with van der Waals surface area (Å²) in [6.45, 7) is 0.476. The lowest BCUT2D eigenvalue weighted by Gasteiger charge is -2.09. The maximum absolute atomic E-state index is 10.9. The molecule has 2 rings (SSSR count). The highest BCUT2D eigenvalue weighted by atomic mass is 16.5. The van der Waals surface area contributed by atoms with E-state index in [1.807, 2.05) is 36.4 Å². The van der Waals surface area contributed by atoms with E-state index in [2.05, 4.69) is 0 Å². The van der Waals surface area contributed by atoms with E-state index in [4.69, 9.17) is 15.1 Å². The van der Waals surface area contributed by atoms with Gasteiger partial charge in [0.05, 0.1) is 6.61 Å². The SMILES string of the molecule is N#CC(=Cc1ccccc1OCCc1ccccc1)C(=O)O. The zero-order chi connectivity index (χ0) is 15.8. The number of carbonyl (C=O) groups is 1. The molecule has 0 bridgehead atoms. The molecule has 110 valence electrons. The molecule has 0 unspecified atom stereocenters. The molecule has 0 radical (unpaired) electrons. The number of hydrogen-bond acceptors (Lipinski definition) is 3. The first kappa shape index (κ1) is 15.3. The van der Waals surface area contributed by atoms with Crippen LogP contribution in [0.3, 0.4) is 0 Å². The van der Waals surface area contributed by atoms with Gasteiger partial charge in [0.1, 0.15) is 17.4 Å². The molecular weight excluding hydrogens is 278 g/mol. The average molecular weight is 293 g/mol. The predicted molar refractivity (Wildman–Crippen MR) is 83.3 cm³/mol. The van der Waals surface area contributed by atoms with Gasteiger partial charge in [-0.3, -0.25) is 0 Å². The molecule has 0 amide bonds. The van der Waals surface area contributed by atoms with E-state index >= 15 is 0 Å². The van der Waals surface area contributed by atoms with Crippen molar-refractivity contribution in [1.29, 1.82) is 5.26 Å². The van der Waals surface area contributed by atoms with Gasteiger partial charge >= 0.3 is 5.97 Å². The molecule has 1 N–H and O–H groups in total. The number of hydrogen-bond donors (Lipinski definition) is 1. The number of carboxylic acids is 1. The van der Waals surface area contributed by atoms with Gasteiger partial charge in [0.25, 0.3) is 0 Å². The Morgan fingerprint density at radius 1 is 1.14 bits per heavy atom. The number of benzene rings is 2. The predicted octanol–water partition coefficient (Wildman–Crippen LogP) is 3.30. The van der Waals surface area contributed by atoms with Crippen molar-refractivity contribution in [1.82, 2.24) is 0 Å². The highest BCUT2D eigenvalue weighted by Crippen LogP contribution is 2.21. The van der Waals surface area contributed by atoms with Crippen LogP contribution in [0.4, 0.5) is 0 Å². The molecule has 22 heavy (non-hydrogen) atoms. The van der Waals surface area contributed by atoms with E-state index in [0.717, 1.165) is 6.42 Å². The minimum atomic E-state index is -1.25. The summed E-state index contributed by atoms with van der Waals surface area (Å²) in [5.41, 5.74) is 1.42. The van der Waals surface area contributed by atoms with E-state index in [1.165, 1.54) is 11.6 Å². The lowest BCUT2D eigenvalue weighted by molar-refractivity contribution is -0.132. The van der Waals surface area contributed by atoms with E-state index in [1.54, 1.807) is 24.3 Å². The summed E-state index contributed by atoms with van der Waals surface area (Å²) in [5, 5.41) is 17.8. The van der Waals surface area contributed by atoms with Crippen LogP contribution in [-0.4, -0.2) is 17.7 Å². The summed E-state index contributed by atoms with van der Waals surface area (Å²) >= 11 is 0. The van der Waals surface area contributed by atoms with Crippen molar-refractivity contribution in [2.24, 2.45) is 0 Å². The number of aliphatic carboxylic acids is 1. The quantitative estimate of drug-likeness (QED) is 0.655. The van der Waals surface area contributed by atoms with Gasteiger partial charge in [-0.2, -0.15) is 5.26 Å². The normalized spacial score (nSPS) is 10.8. The summed E-state index contributed by atoms with van der Waals surface area (Å²) < 4.78 is 5.72. The fraction of sp³-hybridized carbons (Fsp3) is 0.111. The van der Waals surface area contributed by atoms with Gasteiger partial charge in [0.15, 0.2) is 0 Å². The topological polar surface area (TPSA) is 70.3 Å². The number of nitrogens with zero attached hydrogens (tertiary/aromatic N) is 1. The first-order valence-corrected chi connectivity index (χ1v) is 6.81. The van der Waals surface area contributed by atoms with E-state index in [0.29, 0.717) is 17.9 Å². The van der Waals surface area contributed by atoms with Crippen molar-refractivity contribution < 1.29 is 14.6 Å². The largest absolute Gasteiger partial charge is 0.493 e. The summed E-state index contributed by atoms with van der Waals surface area (Å²) in [6.07, 6.45) is 2.07. The van der Waals surface area contributed by atoms with Crippen LogP contribution in [0.1, 0.15) is 11.1 Å². The summed E-state index contributed by atoms with van der Waals surface area (Å²) in [6, 6.07) is 18.7.